The van der Waals surface area contributed by atoms with E-state index >= 15 is 0 Å². The van der Waals surface area contributed by atoms with Gasteiger partial charge in [-0.1, -0.05) is 23.7 Å². The Morgan fingerprint density at radius 2 is 1.73 bits per heavy atom. The Hall–Kier alpha value is -3.12. The number of hydrogen-bond donors (Lipinski definition) is 2. The first-order valence-corrected chi connectivity index (χ1v) is 10.0. The van der Waals surface area contributed by atoms with Crippen LogP contribution >= 0.6 is 11.6 Å². The molecule has 0 aliphatic heterocycles. The molecule has 30 heavy (non-hydrogen) atoms. The molecule has 0 aliphatic rings. The van der Waals surface area contributed by atoms with Crippen molar-refractivity contribution in [3.05, 3.63) is 69.5 Å². The first-order valence-electron chi connectivity index (χ1n) is 9.65. The van der Waals surface area contributed by atoms with Crippen LogP contribution in [-0.2, 0) is 16.0 Å². The summed E-state index contributed by atoms with van der Waals surface area (Å²) in [5.74, 6) is -0.376. The van der Waals surface area contributed by atoms with Gasteiger partial charge >= 0.3 is 0 Å². The Morgan fingerprint density at radius 3 is 2.40 bits per heavy atom. The largest absolute Gasteiger partial charge is 0.325 e. The molecule has 0 spiro atoms. The van der Waals surface area contributed by atoms with Crippen molar-refractivity contribution in [3.63, 3.8) is 0 Å². The molecule has 3 rings (SSSR count). The van der Waals surface area contributed by atoms with Crippen molar-refractivity contribution in [3.8, 4) is 5.69 Å². The van der Waals surface area contributed by atoms with Crippen molar-refractivity contribution >= 4 is 34.8 Å². The zero-order valence-electron chi connectivity index (χ0n) is 17.8. The smallest absolute Gasteiger partial charge is 0.228 e. The number of anilines is 2. The number of aromatic nitrogens is 2. The summed E-state index contributed by atoms with van der Waals surface area (Å²) in [6.07, 6.45) is 0.171. The Morgan fingerprint density at radius 1 is 1.00 bits per heavy atom. The molecule has 156 valence electrons. The van der Waals surface area contributed by atoms with Gasteiger partial charge in [-0.25, -0.2) is 4.68 Å². The van der Waals surface area contributed by atoms with Gasteiger partial charge in [0.2, 0.25) is 11.8 Å². The van der Waals surface area contributed by atoms with E-state index in [2.05, 4.69) is 15.7 Å². The number of rotatable bonds is 5. The van der Waals surface area contributed by atoms with Crippen LogP contribution in [0.3, 0.4) is 0 Å². The van der Waals surface area contributed by atoms with Crippen LogP contribution in [0.25, 0.3) is 5.69 Å². The maximum absolute atomic E-state index is 12.8. The Kier molecular flexibility index (Phi) is 6.27. The molecule has 2 amide bonds. The number of aryl methyl sites for hydroxylation is 3. The van der Waals surface area contributed by atoms with Crippen LogP contribution in [0.5, 0.6) is 0 Å². The molecular formula is C23H25ClN4O2. The molecule has 7 heteroatoms. The number of carbonyl (C=O) groups excluding carboxylic acids is 2. The van der Waals surface area contributed by atoms with E-state index < -0.39 is 0 Å². The highest BCUT2D eigenvalue weighted by atomic mass is 35.5. The van der Waals surface area contributed by atoms with Crippen LogP contribution < -0.4 is 10.6 Å². The summed E-state index contributed by atoms with van der Waals surface area (Å²) in [6, 6.07) is 11.3. The normalized spacial score (nSPS) is 10.7. The highest BCUT2D eigenvalue weighted by molar-refractivity contribution is 6.31. The average Bonchev–Trinajstić information content (AvgIpc) is 2.94. The van der Waals surface area contributed by atoms with Crippen molar-refractivity contribution in [2.24, 2.45) is 0 Å². The summed E-state index contributed by atoms with van der Waals surface area (Å²) < 4.78 is 1.80. The van der Waals surface area contributed by atoms with Gasteiger partial charge in [0.15, 0.2) is 0 Å². The molecule has 2 aromatic carbocycles. The molecule has 1 heterocycles. The van der Waals surface area contributed by atoms with Crippen LogP contribution in [0.1, 0.15) is 35.0 Å². The zero-order valence-corrected chi connectivity index (χ0v) is 18.5. The van der Waals surface area contributed by atoms with Crippen LogP contribution in [0, 0.1) is 27.7 Å². The van der Waals surface area contributed by atoms with Gasteiger partial charge in [0.1, 0.15) is 0 Å². The number of halogens is 1. The van der Waals surface area contributed by atoms with Gasteiger partial charge in [0, 0.05) is 23.2 Å². The predicted molar refractivity (Wildman–Crippen MR) is 121 cm³/mol. The molecule has 1 aromatic heterocycles. The molecule has 6 nitrogen and oxygen atoms in total. The van der Waals surface area contributed by atoms with E-state index in [4.69, 9.17) is 11.6 Å². The van der Waals surface area contributed by atoms with Crippen LogP contribution in [0.2, 0.25) is 5.02 Å². The molecule has 0 unspecified atom stereocenters. The van der Waals surface area contributed by atoms with Gasteiger partial charge in [0.25, 0.3) is 0 Å². The van der Waals surface area contributed by atoms with Gasteiger partial charge < -0.3 is 10.6 Å². The van der Waals surface area contributed by atoms with E-state index in [-0.39, 0.29) is 18.2 Å². The lowest BCUT2D eigenvalue weighted by Crippen LogP contribution is -2.17. The third-order valence-corrected chi connectivity index (χ3v) is 5.35. The van der Waals surface area contributed by atoms with E-state index in [1.54, 1.807) is 10.7 Å². The van der Waals surface area contributed by atoms with Crippen molar-refractivity contribution in [1.82, 2.24) is 9.78 Å². The number of nitrogens with zero attached hydrogens (tertiary/aromatic N) is 2. The van der Waals surface area contributed by atoms with E-state index in [0.717, 1.165) is 33.8 Å². The lowest BCUT2D eigenvalue weighted by atomic mass is 10.1. The van der Waals surface area contributed by atoms with Gasteiger partial charge in [-0.05, 0) is 63.1 Å². The Balaban J connectivity index is 1.85. The fraction of sp³-hybridized carbons (Fsp3) is 0.261. The van der Waals surface area contributed by atoms with E-state index in [0.29, 0.717) is 16.4 Å². The summed E-state index contributed by atoms with van der Waals surface area (Å²) in [4.78, 5) is 24.3. The minimum Gasteiger partial charge on any atom is -0.325 e. The van der Waals surface area contributed by atoms with E-state index in [1.165, 1.54) is 6.92 Å². The summed E-state index contributed by atoms with van der Waals surface area (Å²) in [6.45, 7) is 9.13. The third-order valence-electron chi connectivity index (χ3n) is 4.94. The maximum atomic E-state index is 12.8. The summed E-state index contributed by atoms with van der Waals surface area (Å²) >= 11 is 6.27. The molecule has 0 aliphatic carbocycles. The molecule has 0 fully saturated rings. The van der Waals surface area contributed by atoms with Crippen LogP contribution in [0.4, 0.5) is 11.4 Å². The fourth-order valence-electron chi connectivity index (χ4n) is 3.31. The highest BCUT2D eigenvalue weighted by Gasteiger charge is 2.17. The number of carbonyl (C=O) groups is 2. The average molecular weight is 425 g/mol. The van der Waals surface area contributed by atoms with Gasteiger partial charge in [-0.3, -0.25) is 9.59 Å². The van der Waals surface area contributed by atoms with Crippen molar-refractivity contribution < 1.29 is 9.59 Å². The van der Waals surface area contributed by atoms with Crippen molar-refractivity contribution in [2.75, 3.05) is 10.6 Å². The lowest BCUT2D eigenvalue weighted by molar-refractivity contribution is -0.116. The second kappa shape index (κ2) is 8.71. The van der Waals surface area contributed by atoms with Crippen molar-refractivity contribution in [2.45, 2.75) is 41.0 Å². The van der Waals surface area contributed by atoms with Gasteiger partial charge in [0.05, 0.1) is 29.2 Å². The first kappa shape index (κ1) is 21.6. The standard InChI is InChI=1S/C23H25ClN4O2/c1-13-6-9-21(25-17(5)29)22(10-13)26-23(30)12-19-15(3)27-28(16(19)4)18-8-7-14(2)20(24)11-18/h6-11H,12H2,1-5H3,(H,25,29)(H,26,30). The lowest BCUT2D eigenvalue weighted by Gasteiger charge is -2.13. The molecule has 2 N–H and O–H groups in total. The monoisotopic (exact) mass is 424 g/mol. The molecular weight excluding hydrogens is 400 g/mol. The van der Waals surface area contributed by atoms with Gasteiger partial charge in [-0.15, -0.1) is 0 Å². The summed E-state index contributed by atoms with van der Waals surface area (Å²) in [7, 11) is 0. The minimum absolute atomic E-state index is 0.171. The maximum Gasteiger partial charge on any atom is 0.228 e. The van der Waals surface area contributed by atoms with Gasteiger partial charge in [-0.2, -0.15) is 5.10 Å². The van der Waals surface area contributed by atoms with Crippen LogP contribution in [0.15, 0.2) is 36.4 Å². The summed E-state index contributed by atoms with van der Waals surface area (Å²) in [5, 5.41) is 10.9. The third kappa shape index (κ3) is 4.71. The molecule has 0 saturated carbocycles. The second-order valence-corrected chi connectivity index (χ2v) is 7.86. The zero-order chi connectivity index (χ0) is 22.0. The number of hydrogen-bond acceptors (Lipinski definition) is 3. The number of benzene rings is 2. The minimum atomic E-state index is -0.195. The Bertz CT molecular complexity index is 1130. The number of nitrogens with one attached hydrogen (secondary N) is 2. The number of amides is 2. The molecule has 0 atom stereocenters. The predicted octanol–water partition coefficient (Wildman–Crippen LogP) is 4.90. The van der Waals surface area contributed by atoms with Crippen molar-refractivity contribution in [1.29, 1.82) is 0 Å². The first-order chi connectivity index (χ1) is 14.2. The molecule has 0 saturated heterocycles. The van der Waals surface area contributed by atoms with Crippen LogP contribution in [-0.4, -0.2) is 21.6 Å². The summed E-state index contributed by atoms with van der Waals surface area (Å²) in [5.41, 5.74) is 6.50. The fourth-order valence-corrected chi connectivity index (χ4v) is 3.49. The topological polar surface area (TPSA) is 76.0 Å². The second-order valence-electron chi connectivity index (χ2n) is 7.45. The molecule has 0 bridgehead atoms. The molecule has 0 radical (unpaired) electrons. The quantitative estimate of drug-likeness (QED) is 0.611. The SMILES string of the molecule is CC(=O)Nc1ccc(C)cc1NC(=O)Cc1c(C)nn(-c2ccc(C)c(Cl)c2)c1C. The highest BCUT2D eigenvalue weighted by Crippen LogP contribution is 2.25. The van der Waals surface area contributed by atoms with E-state index in [9.17, 15) is 9.59 Å². The molecule has 3 aromatic rings. The van der Waals surface area contributed by atoms with E-state index in [1.807, 2.05) is 58.0 Å². The Labute approximate surface area is 181 Å².